The fourth-order valence-electron chi connectivity index (χ4n) is 10.9. The number of aliphatic hydroxyl groups is 2. The quantitative estimate of drug-likeness (QED) is 0.0816. The second-order valence-corrected chi connectivity index (χ2v) is 18.1. The van der Waals surface area contributed by atoms with Gasteiger partial charge in [-0.25, -0.2) is 0 Å². The van der Waals surface area contributed by atoms with E-state index in [1.165, 1.54) is 88.2 Å². The minimum absolute atomic E-state index is 0.0147. The highest BCUT2D eigenvalue weighted by Crippen LogP contribution is 2.66. The molecule has 10 atom stereocenters. The average Bonchev–Trinajstić information content (AvgIpc) is 3.34. The van der Waals surface area contributed by atoms with Crippen LogP contribution in [0.1, 0.15) is 183 Å². The van der Waals surface area contributed by atoms with Crippen LogP contribution in [0.4, 0.5) is 0 Å². The van der Waals surface area contributed by atoms with Crippen LogP contribution < -0.4 is 0 Å². The summed E-state index contributed by atoms with van der Waals surface area (Å²) in [5, 5.41) is 22.6. The van der Waals surface area contributed by atoms with E-state index in [0.29, 0.717) is 36.5 Å². The molecule has 2 N–H and O–H groups in total. The van der Waals surface area contributed by atoms with Crippen LogP contribution >= 0.6 is 0 Å². The number of hydrogen-bond donors (Lipinski definition) is 2. The first-order chi connectivity index (χ1) is 22.8. The predicted molar refractivity (Wildman–Crippen MR) is 201 cm³/mol. The molecule has 0 bridgehead atoms. The van der Waals surface area contributed by atoms with E-state index < -0.39 is 12.2 Å². The summed E-state index contributed by atoms with van der Waals surface area (Å²) in [5.74, 6) is 2.72. The van der Waals surface area contributed by atoms with E-state index in [9.17, 15) is 15.0 Å². The van der Waals surface area contributed by atoms with Crippen molar-refractivity contribution < 1.29 is 19.7 Å². The Morgan fingerprint density at radius 1 is 0.812 bits per heavy atom. The van der Waals surface area contributed by atoms with Crippen molar-refractivity contribution in [3.63, 3.8) is 0 Å². The minimum Gasteiger partial charge on any atom is -0.458 e. The number of unbranched alkanes of at least 4 members (excludes halogenated alkanes) is 11. The molecule has 0 aromatic rings. The van der Waals surface area contributed by atoms with Gasteiger partial charge in [0, 0.05) is 6.42 Å². The molecule has 4 aliphatic rings. The summed E-state index contributed by atoms with van der Waals surface area (Å²) in [6, 6.07) is 0. The van der Waals surface area contributed by atoms with Crippen LogP contribution in [0, 0.1) is 46.3 Å². The predicted octanol–water partition coefficient (Wildman–Crippen LogP) is 11.5. The van der Waals surface area contributed by atoms with Crippen LogP contribution in [0.2, 0.25) is 0 Å². The summed E-state index contributed by atoms with van der Waals surface area (Å²) in [6.07, 6.45) is 22.5. The van der Waals surface area contributed by atoms with E-state index in [-0.39, 0.29) is 34.7 Å². The lowest BCUT2D eigenvalue weighted by atomic mass is 9.47. The first-order valence-electron chi connectivity index (χ1n) is 20.8. The molecule has 0 saturated heterocycles. The van der Waals surface area contributed by atoms with E-state index in [4.69, 9.17) is 4.74 Å². The van der Waals surface area contributed by atoms with Crippen LogP contribution in [-0.2, 0) is 9.53 Å². The molecule has 0 aromatic heterocycles. The van der Waals surface area contributed by atoms with Crippen molar-refractivity contribution >= 4 is 5.97 Å². The minimum atomic E-state index is -0.558. The number of ether oxygens (including phenoxy) is 1. The Balaban J connectivity index is 1.43. The van der Waals surface area contributed by atoms with Crippen molar-refractivity contribution in [3.8, 4) is 0 Å². The van der Waals surface area contributed by atoms with Crippen LogP contribution in [0.15, 0.2) is 23.3 Å². The van der Waals surface area contributed by atoms with E-state index in [0.717, 1.165) is 50.5 Å². The molecule has 0 unspecified atom stereocenters. The van der Waals surface area contributed by atoms with Gasteiger partial charge < -0.3 is 14.9 Å². The maximum absolute atomic E-state index is 13.5. The van der Waals surface area contributed by atoms with E-state index in [1.54, 1.807) is 0 Å². The molecule has 4 heteroatoms. The van der Waals surface area contributed by atoms with Crippen molar-refractivity contribution in [2.24, 2.45) is 46.3 Å². The molecular weight excluding hydrogens is 592 g/mol. The Kier molecular flexibility index (Phi) is 14.8. The molecule has 0 aromatic carbocycles. The molecule has 0 amide bonds. The third-order valence-corrected chi connectivity index (χ3v) is 14.5. The lowest BCUT2D eigenvalue weighted by molar-refractivity contribution is -0.147. The summed E-state index contributed by atoms with van der Waals surface area (Å²) in [5.41, 5.74) is 3.35. The highest BCUT2D eigenvalue weighted by Gasteiger charge is 2.61. The van der Waals surface area contributed by atoms with Gasteiger partial charge in [-0.3, -0.25) is 4.79 Å². The number of fused-ring (bicyclic) bond motifs is 4. The maximum Gasteiger partial charge on any atom is 0.306 e. The smallest absolute Gasteiger partial charge is 0.306 e. The third-order valence-electron chi connectivity index (χ3n) is 14.5. The normalized spacial score (nSPS) is 34.5. The molecule has 0 radical (unpaired) electrons. The van der Waals surface area contributed by atoms with Crippen LogP contribution in [0.5, 0.6) is 0 Å². The molecule has 0 spiro atoms. The molecule has 3 saturated carbocycles. The van der Waals surface area contributed by atoms with Gasteiger partial charge in [0.1, 0.15) is 6.10 Å². The average molecular weight is 669 g/mol. The number of carbonyl (C=O) groups excluding carboxylic acids is 1. The molecule has 0 aliphatic heterocycles. The van der Waals surface area contributed by atoms with Gasteiger partial charge in [-0.1, -0.05) is 139 Å². The molecule has 0 heterocycles. The van der Waals surface area contributed by atoms with Crippen LogP contribution in [0.3, 0.4) is 0 Å². The Morgan fingerprint density at radius 3 is 2.02 bits per heavy atom. The topological polar surface area (TPSA) is 66.8 Å². The summed E-state index contributed by atoms with van der Waals surface area (Å²) < 4.78 is 6.53. The molecule has 3 fully saturated rings. The number of esters is 1. The van der Waals surface area contributed by atoms with Gasteiger partial charge in [-0.2, -0.15) is 0 Å². The monoisotopic (exact) mass is 669 g/mol. The largest absolute Gasteiger partial charge is 0.458 e. The van der Waals surface area contributed by atoms with Crippen molar-refractivity contribution in [2.45, 2.75) is 202 Å². The molecule has 4 aliphatic carbocycles. The van der Waals surface area contributed by atoms with E-state index >= 15 is 0 Å². The first kappa shape index (κ1) is 39.7. The summed E-state index contributed by atoms with van der Waals surface area (Å²) >= 11 is 0. The lowest BCUT2D eigenvalue weighted by Crippen LogP contribution is -2.53. The standard InChI is InChI=1S/C44H76O4/c1-9-10-11-12-13-14-15-16-17-18-19-20-21-40(47)48-39-29-35(32(5)23-22-31(4)30(2)3)44(8)26-24-34-41(42(39)44)38(46)28-36-33(6)37(45)25-27-43(34,36)7/h30-32,34-39,45-46H,6,9-29H2,1-5,7-8H3/t31-,32-,34+,35-,36+,37+,38-,39+,43-,44-/m1/s1. The zero-order valence-corrected chi connectivity index (χ0v) is 32.5. The van der Waals surface area contributed by atoms with Gasteiger partial charge in [-0.05, 0) is 108 Å². The number of carbonyl (C=O) groups is 1. The van der Waals surface area contributed by atoms with Crippen LogP contribution in [0.25, 0.3) is 0 Å². The Bertz CT molecular complexity index is 1080. The van der Waals surface area contributed by atoms with Gasteiger partial charge in [0.15, 0.2) is 0 Å². The van der Waals surface area contributed by atoms with Crippen molar-refractivity contribution in [2.75, 3.05) is 0 Å². The Hall–Kier alpha value is -1.13. The zero-order valence-electron chi connectivity index (χ0n) is 32.5. The maximum atomic E-state index is 13.5. The van der Waals surface area contributed by atoms with Crippen molar-refractivity contribution in [1.29, 1.82) is 0 Å². The first-order valence-corrected chi connectivity index (χ1v) is 20.8. The van der Waals surface area contributed by atoms with Gasteiger partial charge in [0.25, 0.3) is 0 Å². The van der Waals surface area contributed by atoms with E-state index in [1.807, 2.05) is 0 Å². The Morgan fingerprint density at radius 2 is 1.42 bits per heavy atom. The lowest BCUT2D eigenvalue weighted by Gasteiger charge is -2.58. The molecular formula is C44H76O4. The van der Waals surface area contributed by atoms with Gasteiger partial charge in [0.2, 0.25) is 0 Å². The second kappa shape index (κ2) is 17.9. The number of hydrogen-bond acceptors (Lipinski definition) is 4. The van der Waals surface area contributed by atoms with Gasteiger partial charge in [-0.15, -0.1) is 0 Å². The molecule has 4 nitrogen and oxygen atoms in total. The van der Waals surface area contributed by atoms with Crippen molar-refractivity contribution in [1.82, 2.24) is 0 Å². The molecule has 4 rings (SSSR count). The number of aliphatic hydroxyl groups excluding tert-OH is 2. The van der Waals surface area contributed by atoms with Crippen molar-refractivity contribution in [3.05, 3.63) is 23.3 Å². The summed E-state index contributed by atoms with van der Waals surface area (Å²) in [6.45, 7) is 20.9. The fraction of sp³-hybridized carbons (Fsp3) is 0.886. The third kappa shape index (κ3) is 9.02. The SMILES string of the molecule is C=C1[C@@H](O)CC[C@@]2(C)[C@H]1C[C@@H](O)C1=C3[C@@H](OC(=O)CCCCCCCCCCCCCC)C[C@H]([C@H](C)CC[C@@H](C)C(C)C)[C@@]3(C)CC[C@@H]12. The second-order valence-electron chi connectivity index (χ2n) is 18.1. The fourth-order valence-corrected chi connectivity index (χ4v) is 10.9. The van der Waals surface area contributed by atoms with Gasteiger partial charge in [0.05, 0.1) is 12.2 Å². The Labute approximate surface area is 296 Å². The molecule has 276 valence electrons. The zero-order chi connectivity index (χ0) is 35.1. The molecule has 48 heavy (non-hydrogen) atoms. The number of rotatable bonds is 19. The van der Waals surface area contributed by atoms with E-state index in [2.05, 4.69) is 55.0 Å². The highest BCUT2D eigenvalue weighted by molar-refractivity contribution is 5.70. The van der Waals surface area contributed by atoms with Crippen LogP contribution in [-0.4, -0.2) is 34.5 Å². The summed E-state index contributed by atoms with van der Waals surface area (Å²) in [4.78, 5) is 13.5. The summed E-state index contributed by atoms with van der Waals surface area (Å²) in [7, 11) is 0. The van der Waals surface area contributed by atoms with Gasteiger partial charge >= 0.3 is 5.97 Å². The highest BCUT2D eigenvalue weighted by atomic mass is 16.5.